The first-order valence-corrected chi connectivity index (χ1v) is 9.40. The van der Waals surface area contributed by atoms with Crippen molar-refractivity contribution in [2.75, 3.05) is 12.4 Å². The topological polar surface area (TPSA) is 99.3 Å². The van der Waals surface area contributed by atoms with E-state index in [1.54, 1.807) is 54.4 Å². The van der Waals surface area contributed by atoms with Crippen LogP contribution in [0.15, 0.2) is 85.1 Å². The zero-order chi connectivity index (χ0) is 21.8. The Hall–Kier alpha value is -4.46. The van der Waals surface area contributed by atoms with Crippen LogP contribution in [0, 0.1) is 10.1 Å². The van der Waals surface area contributed by atoms with Crippen LogP contribution in [0.1, 0.15) is 10.4 Å². The second-order valence-corrected chi connectivity index (χ2v) is 6.66. The van der Waals surface area contributed by atoms with Crippen molar-refractivity contribution < 1.29 is 14.5 Å². The number of hydrogen-bond acceptors (Lipinski definition) is 5. The predicted octanol–water partition coefficient (Wildman–Crippen LogP) is 4.71. The molecule has 31 heavy (non-hydrogen) atoms. The molecule has 4 rings (SSSR count). The number of anilines is 1. The molecule has 0 aliphatic rings. The van der Waals surface area contributed by atoms with Crippen molar-refractivity contribution >= 4 is 17.3 Å². The zero-order valence-corrected chi connectivity index (χ0v) is 16.6. The number of nitrogens with zero attached hydrogens (tertiary/aromatic N) is 3. The van der Waals surface area contributed by atoms with E-state index in [4.69, 9.17) is 4.74 Å². The van der Waals surface area contributed by atoms with Gasteiger partial charge >= 0.3 is 0 Å². The highest BCUT2D eigenvalue weighted by Gasteiger charge is 2.20. The van der Waals surface area contributed by atoms with Crippen LogP contribution in [0.3, 0.4) is 0 Å². The first-order chi connectivity index (χ1) is 15.0. The second kappa shape index (κ2) is 8.50. The van der Waals surface area contributed by atoms with Gasteiger partial charge in [0.2, 0.25) is 0 Å². The molecule has 0 atom stereocenters. The third-order valence-electron chi connectivity index (χ3n) is 4.66. The molecule has 1 amide bonds. The minimum absolute atomic E-state index is 0.0337. The van der Waals surface area contributed by atoms with Gasteiger partial charge in [-0.25, -0.2) is 4.68 Å². The van der Waals surface area contributed by atoms with Gasteiger partial charge in [-0.15, -0.1) is 0 Å². The van der Waals surface area contributed by atoms with Crippen LogP contribution >= 0.6 is 0 Å². The SMILES string of the molecule is COc1cccc(NC(=O)c2cn(-c3ccccc3)nc2-c2ccc([N+](=O)[O-])cc2)c1. The lowest BCUT2D eigenvalue weighted by atomic mass is 10.1. The van der Waals surface area contributed by atoms with E-state index in [9.17, 15) is 14.9 Å². The maximum absolute atomic E-state index is 13.1. The number of hydrogen-bond donors (Lipinski definition) is 1. The number of amides is 1. The molecular formula is C23H18N4O4. The van der Waals surface area contributed by atoms with Crippen LogP contribution < -0.4 is 10.1 Å². The second-order valence-electron chi connectivity index (χ2n) is 6.66. The highest BCUT2D eigenvalue weighted by molar-refractivity contribution is 6.08. The number of nitrogens with one attached hydrogen (secondary N) is 1. The van der Waals surface area contributed by atoms with Gasteiger partial charge in [-0.1, -0.05) is 24.3 Å². The quantitative estimate of drug-likeness (QED) is 0.364. The number of benzene rings is 3. The Bertz CT molecular complexity index is 1230. The smallest absolute Gasteiger partial charge is 0.269 e. The van der Waals surface area contributed by atoms with Gasteiger partial charge < -0.3 is 10.1 Å². The van der Waals surface area contributed by atoms with Crippen LogP contribution in [0.5, 0.6) is 5.75 Å². The highest BCUT2D eigenvalue weighted by atomic mass is 16.6. The number of carbonyl (C=O) groups is 1. The van der Waals surface area contributed by atoms with Crippen molar-refractivity contribution in [3.63, 3.8) is 0 Å². The molecule has 0 aliphatic carbocycles. The maximum atomic E-state index is 13.1. The van der Waals surface area contributed by atoms with E-state index < -0.39 is 4.92 Å². The molecule has 0 radical (unpaired) electrons. The molecule has 0 aliphatic heterocycles. The monoisotopic (exact) mass is 414 g/mol. The number of aromatic nitrogens is 2. The summed E-state index contributed by atoms with van der Waals surface area (Å²) in [5, 5.41) is 18.4. The molecule has 1 aromatic heterocycles. The molecular weight excluding hydrogens is 396 g/mol. The number of non-ortho nitro benzene ring substituents is 1. The van der Waals surface area contributed by atoms with Gasteiger partial charge in [-0.05, 0) is 36.4 Å². The van der Waals surface area contributed by atoms with Gasteiger partial charge in [0.05, 0.1) is 23.3 Å². The Morgan fingerprint density at radius 3 is 2.45 bits per heavy atom. The summed E-state index contributed by atoms with van der Waals surface area (Å²) in [6, 6.07) is 22.4. The fourth-order valence-corrected chi connectivity index (χ4v) is 3.11. The zero-order valence-electron chi connectivity index (χ0n) is 16.6. The van der Waals surface area contributed by atoms with Gasteiger partial charge in [-0.3, -0.25) is 14.9 Å². The Morgan fingerprint density at radius 1 is 1.03 bits per heavy atom. The summed E-state index contributed by atoms with van der Waals surface area (Å²) in [7, 11) is 1.55. The van der Waals surface area contributed by atoms with E-state index in [-0.39, 0.29) is 11.6 Å². The highest BCUT2D eigenvalue weighted by Crippen LogP contribution is 2.27. The van der Waals surface area contributed by atoms with Crippen LogP contribution in [-0.2, 0) is 0 Å². The van der Waals surface area contributed by atoms with Gasteiger partial charge in [0, 0.05) is 35.6 Å². The van der Waals surface area contributed by atoms with E-state index in [2.05, 4.69) is 10.4 Å². The first kappa shape index (κ1) is 19.8. The molecule has 8 heteroatoms. The average molecular weight is 414 g/mol. The van der Waals surface area contributed by atoms with E-state index in [1.807, 2.05) is 30.3 Å². The van der Waals surface area contributed by atoms with E-state index in [0.717, 1.165) is 5.69 Å². The average Bonchev–Trinajstić information content (AvgIpc) is 3.25. The van der Waals surface area contributed by atoms with Crippen LogP contribution in [0.25, 0.3) is 16.9 Å². The standard InChI is InChI=1S/C23H18N4O4/c1-31-20-9-5-6-17(14-20)24-23(28)21-15-26(18-7-3-2-4-8-18)25-22(21)16-10-12-19(13-11-16)27(29)30/h2-15H,1H3,(H,24,28). The van der Waals surface area contributed by atoms with Crippen LogP contribution in [0.2, 0.25) is 0 Å². The summed E-state index contributed by atoms with van der Waals surface area (Å²) in [5.41, 5.74) is 2.67. The summed E-state index contributed by atoms with van der Waals surface area (Å²) in [6.07, 6.45) is 1.64. The molecule has 3 aromatic carbocycles. The number of rotatable bonds is 6. The summed E-state index contributed by atoms with van der Waals surface area (Å²) in [6.45, 7) is 0. The van der Waals surface area contributed by atoms with Crippen molar-refractivity contribution in [2.24, 2.45) is 0 Å². The van der Waals surface area contributed by atoms with Crippen molar-refractivity contribution in [2.45, 2.75) is 0 Å². The van der Waals surface area contributed by atoms with Gasteiger partial charge in [0.1, 0.15) is 11.4 Å². The lowest BCUT2D eigenvalue weighted by Crippen LogP contribution is -2.12. The third-order valence-corrected chi connectivity index (χ3v) is 4.66. The molecule has 1 N–H and O–H groups in total. The van der Waals surface area contributed by atoms with E-state index in [0.29, 0.717) is 28.3 Å². The lowest BCUT2D eigenvalue weighted by Gasteiger charge is -2.07. The van der Waals surface area contributed by atoms with Gasteiger partial charge in [0.15, 0.2) is 0 Å². The first-order valence-electron chi connectivity index (χ1n) is 9.40. The summed E-state index contributed by atoms with van der Waals surface area (Å²) >= 11 is 0. The predicted molar refractivity (Wildman–Crippen MR) is 117 cm³/mol. The molecule has 0 fully saturated rings. The number of para-hydroxylation sites is 1. The normalized spacial score (nSPS) is 10.5. The third kappa shape index (κ3) is 4.27. The number of nitro benzene ring substituents is 1. The fraction of sp³-hybridized carbons (Fsp3) is 0.0435. The van der Waals surface area contributed by atoms with Crippen molar-refractivity contribution in [3.8, 4) is 22.7 Å². The number of nitro groups is 1. The maximum Gasteiger partial charge on any atom is 0.269 e. The number of ether oxygens (including phenoxy) is 1. The Kier molecular flexibility index (Phi) is 5.44. The summed E-state index contributed by atoms with van der Waals surface area (Å²) in [4.78, 5) is 23.6. The molecule has 8 nitrogen and oxygen atoms in total. The molecule has 0 bridgehead atoms. The Balaban J connectivity index is 1.74. The lowest BCUT2D eigenvalue weighted by molar-refractivity contribution is -0.384. The summed E-state index contributed by atoms with van der Waals surface area (Å²) < 4.78 is 6.81. The van der Waals surface area contributed by atoms with E-state index in [1.165, 1.54) is 12.1 Å². The molecule has 154 valence electrons. The minimum Gasteiger partial charge on any atom is -0.497 e. The van der Waals surface area contributed by atoms with Crippen molar-refractivity contribution in [1.82, 2.24) is 9.78 Å². The fourth-order valence-electron chi connectivity index (χ4n) is 3.11. The van der Waals surface area contributed by atoms with Crippen LogP contribution in [-0.4, -0.2) is 27.7 Å². The van der Waals surface area contributed by atoms with Gasteiger partial charge in [0.25, 0.3) is 11.6 Å². The number of methoxy groups -OCH3 is 1. The van der Waals surface area contributed by atoms with E-state index >= 15 is 0 Å². The van der Waals surface area contributed by atoms with Gasteiger partial charge in [-0.2, -0.15) is 5.10 Å². The summed E-state index contributed by atoms with van der Waals surface area (Å²) in [5.74, 6) is 0.261. The molecule has 4 aromatic rings. The largest absolute Gasteiger partial charge is 0.497 e. The Labute approximate surface area is 177 Å². The molecule has 0 spiro atoms. The Morgan fingerprint density at radius 2 is 1.77 bits per heavy atom. The minimum atomic E-state index is -0.469. The molecule has 1 heterocycles. The van der Waals surface area contributed by atoms with Crippen LogP contribution in [0.4, 0.5) is 11.4 Å². The molecule has 0 unspecified atom stereocenters. The molecule has 0 saturated heterocycles. The molecule has 0 saturated carbocycles. The van der Waals surface area contributed by atoms with Crippen molar-refractivity contribution in [1.29, 1.82) is 0 Å². The van der Waals surface area contributed by atoms with Crippen molar-refractivity contribution in [3.05, 3.63) is 101 Å². The number of carbonyl (C=O) groups excluding carboxylic acids is 1.